The smallest absolute Gasteiger partial charge is 0.317 e. The van der Waals surface area contributed by atoms with E-state index >= 15 is 0 Å². The molecule has 0 bridgehead atoms. The van der Waals surface area contributed by atoms with Crippen LogP contribution in [0.25, 0.3) is 11.4 Å². The molecule has 1 aromatic heterocycles. The first kappa shape index (κ1) is 19.2. The van der Waals surface area contributed by atoms with Gasteiger partial charge in [0.1, 0.15) is 11.8 Å². The number of nitrogens with zero attached hydrogens (tertiary/aromatic N) is 4. The van der Waals surface area contributed by atoms with Crippen LogP contribution in [0.3, 0.4) is 0 Å². The van der Waals surface area contributed by atoms with Gasteiger partial charge in [-0.2, -0.15) is 4.98 Å². The minimum atomic E-state index is -0.369. The number of benzene rings is 1. The van der Waals surface area contributed by atoms with Gasteiger partial charge in [-0.1, -0.05) is 5.16 Å². The second-order valence-electron chi connectivity index (χ2n) is 6.83. The third kappa shape index (κ3) is 4.97. The lowest BCUT2D eigenvalue weighted by atomic mass is 10.2. The Balaban J connectivity index is 1.53. The zero-order valence-corrected chi connectivity index (χ0v) is 16.1. The Morgan fingerprint density at radius 3 is 2.70 bits per heavy atom. The molecule has 1 aliphatic rings. The summed E-state index contributed by atoms with van der Waals surface area (Å²) in [6.07, 6.45) is 2.50. The van der Waals surface area contributed by atoms with Crippen molar-refractivity contribution < 1.29 is 14.1 Å². The fourth-order valence-corrected chi connectivity index (χ4v) is 3.02. The molecule has 0 radical (unpaired) electrons. The van der Waals surface area contributed by atoms with Gasteiger partial charge in [0.2, 0.25) is 11.7 Å². The Morgan fingerprint density at radius 1 is 1.33 bits per heavy atom. The van der Waals surface area contributed by atoms with E-state index in [4.69, 9.17) is 9.26 Å². The molecule has 3 rings (SSSR count). The standard InChI is InChI=1S/C19H27N5O3/c1-14(20-19(25)23(2)12-13-24-10-4-5-11-24)18-21-17(22-27-18)15-6-8-16(26-3)9-7-15/h6-9,14H,4-5,10-13H2,1-3H3,(H,20,25). The predicted octanol–water partition coefficient (Wildman–Crippen LogP) is 2.54. The average molecular weight is 373 g/mol. The van der Waals surface area contributed by atoms with Crippen LogP contribution < -0.4 is 10.1 Å². The molecular weight excluding hydrogens is 346 g/mol. The molecule has 8 heteroatoms. The highest BCUT2D eigenvalue weighted by molar-refractivity contribution is 5.74. The largest absolute Gasteiger partial charge is 0.497 e. The van der Waals surface area contributed by atoms with Crippen LogP contribution in [0.2, 0.25) is 0 Å². The van der Waals surface area contributed by atoms with Gasteiger partial charge in [0.25, 0.3) is 0 Å². The number of hydrogen-bond donors (Lipinski definition) is 1. The SMILES string of the molecule is COc1ccc(-c2noc(C(C)NC(=O)N(C)CCN3CCCC3)n2)cc1. The van der Waals surface area contributed by atoms with Crippen molar-refractivity contribution in [2.45, 2.75) is 25.8 Å². The van der Waals surface area contributed by atoms with Crippen molar-refractivity contribution in [2.24, 2.45) is 0 Å². The van der Waals surface area contributed by atoms with Gasteiger partial charge in [-0.25, -0.2) is 4.79 Å². The van der Waals surface area contributed by atoms with E-state index in [1.165, 1.54) is 12.8 Å². The lowest BCUT2D eigenvalue weighted by Crippen LogP contribution is -2.42. The summed E-state index contributed by atoms with van der Waals surface area (Å²) in [5, 5.41) is 6.91. The number of rotatable bonds is 7. The van der Waals surface area contributed by atoms with Crippen molar-refractivity contribution >= 4 is 6.03 Å². The maximum atomic E-state index is 12.4. The van der Waals surface area contributed by atoms with Crippen molar-refractivity contribution in [2.75, 3.05) is 40.3 Å². The van der Waals surface area contributed by atoms with Crippen LogP contribution in [0.15, 0.2) is 28.8 Å². The molecule has 1 N–H and O–H groups in total. The van der Waals surface area contributed by atoms with Crippen molar-refractivity contribution in [1.82, 2.24) is 25.3 Å². The highest BCUT2D eigenvalue weighted by Crippen LogP contribution is 2.21. The summed E-state index contributed by atoms with van der Waals surface area (Å²) in [6, 6.07) is 6.89. The van der Waals surface area contributed by atoms with Gasteiger partial charge >= 0.3 is 6.03 Å². The maximum absolute atomic E-state index is 12.4. The summed E-state index contributed by atoms with van der Waals surface area (Å²) in [6.45, 7) is 5.68. The molecule has 1 aliphatic heterocycles. The Morgan fingerprint density at radius 2 is 2.04 bits per heavy atom. The Bertz CT molecular complexity index is 740. The minimum absolute atomic E-state index is 0.147. The number of carbonyl (C=O) groups excluding carboxylic acids is 1. The second kappa shape index (κ2) is 8.85. The van der Waals surface area contributed by atoms with Gasteiger partial charge in [-0.3, -0.25) is 0 Å². The molecule has 2 heterocycles. The molecule has 1 saturated heterocycles. The highest BCUT2D eigenvalue weighted by atomic mass is 16.5. The van der Waals surface area contributed by atoms with E-state index in [0.29, 0.717) is 18.3 Å². The Kier molecular flexibility index (Phi) is 6.28. The second-order valence-corrected chi connectivity index (χ2v) is 6.83. The predicted molar refractivity (Wildman–Crippen MR) is 102 cm³/mol. The summed E-state index contributed by atoms with van der Waals surface area (Å²) >= 11 is 0. The van der Waals surface area contributed by atoms with Crippen molar-refractivity contribution in [3.63, 3.8) is 0 Å². The van der Waals surface area contributed by atoms with Crippen molar-refractivity contribution in [3.05, 3.63) is 30.2 Å². The fraction of sp³-hybridized carbons (Fsp3) is 0.526. The lowest BCUT2D eigenvalue weighted by molar-refractivity contribution is 0.194. The number of ether oxygens (including phenoxy) is 1. The van der Waals surface area contributed by atoms with Crippen LogP contribution in [0.1, 0.15) is 31.7 Å². The Hall–Kier alpha value is -2.61. The van der Waals surface area contributed by atoms with Crippen LogP contribution >= 0.6 is 0 Å². The molecule has 0 spiro atoms. The highest BCUT2D eigenvalue weighted by Gasteiger charge is 2.20. The van der Waals surface area contributed by atoms with E-state index in [2.05, 4.69) is 20.4 Å². The first-order valence-corrected chi connectivity index (χ1v) is 9.29. The minimum Gasteiger partial charge on any atom is -0.497 e. The molecule has 1 atom stereocenters. The molecule has 27 heavy (non-hydrogen) atoms. The van der Waals surface area contributed by atoms with E-state index < -0.39 is 0 Å². The van der Waals surface area contributed by atoms with Gasteiger partial charge in [0, 0.05) is 25.7 Å². The Labute approximate surface area is 159 Å². The lowest BCUT2D eigenvalue weighted by Gasteiger charge is -2.22. The number of aromatic nitrogens is 2. The van der Waals surface area contributed by atoms with Gasteiger partial charge in [-0.15, -0.1) is 0 Å². The van der Waals surface area contributed by atoms with E-state index in [9.17, 15) is 4.79 Å². The van der Waals surface area contributed by atoms with E-state index in [-0.39, 0.29) is 12.1 Å². The normalized spacial score (nSPS) is 15.5. The molecule has 146 valence electrons. The first-order chi connectivity index (χ1) is 13.1. The third-order valence-electron chi connectivity index (χ3n) is 4.80. The number of methoxy groups -OCH3 is 1. The molecule has 2 aromatic rings. The zero-order valence-electron chi connectivity index (χ0n) is 16.1. The van der Waals surface area contributed by atoms with E-state index in [1.807, 2.05) is 31.2 Å². The van der Waals surface area contributed by atoms with Crippen LogP contribution in [0.5, 0.6) is 5.75 Å². The molecule has 2 amide bonds. The van der Waals surface area contributed by atoms with Crippen LogP contribution in [-0.4, -0.2) is 66.3 Å². The molecule has 1 aromatic carbocycles. The first-order valence-electron chi connectivity index (χ1n) is 9.29. The van der Waals surface area contributed by atoms with Crippen molar-refractivity contribution in [1.29, 1.82) is 0 Å². The van der Waals surface area contributed by atoms with E-state index in [0.717, 1.165) is 30.9 Å². The maximum Gasteiger partial charge on any atom is 0.317 e. The number of nitrogens with one attached hydrogen (secondary N) is 1. The summed E-state index contributed by atoms with van der Waals surface area (Å²) in [7, 11) is 3.42. The summed E-state index contributed by atoms with van der Waals surface area (Å²) in [4.78, 5) is 20.8. The molecule has 1 unspecified atom stereocenters. The summed E-state index contributed by atoms with van der Waals surface area (Å²) in [5.41, 5.74) is 0.826. The summed E-state index contributed by atoms with van der Waals surface area (Å²) in [5.74, 6) is 1.62. The molecule has 0 saturated carbocycles. The number of likely N-dealkylation sites (tertiary alicyclic amines) is 1. The van der Waals surface area contributed by atoms with Crippen LogP contribution in [0, 0.1) is 0 Å². The number of likely N-dealkylation sites (N-methyl/N-ethyl adjacent to an activating group) is 1. The van der Waals surface area contributed by atoms with Crippen LogP contribution in [-0.2, 0) is 0 Å². The molecular formula is C19H27N5O3. The van der Waals surface area contributed by atoms with Crippen molar-refractivity contribution in [3.8, 4) is 17.1 Å². The average Bonchev–Trinajstić information content (AvgIpc) is 3.38. The number of urea groups is 1. The molecule has 1 fully saturated rings. The molecule has 0 aliphatic carbocycles. The van der Waals surface area contributed by atoms with Crippen LogP contribution in [0.4, 0.5) is 4.79 Å². The topological polar surface area (TPSA) is 83.7 Å². The zero-order chi connectivity index (χ0) is 19.2. The quantitative estimate of drug-likeness (QED) is 0.803. The monoisotopic (exact) mass is 373 g/mol. The summed E-state index contributed by atoms with van der Waals surface area (Å²) < 4.78 is 10.5. The number of amides is 2. The van der Waals surface area contributed by atoms with Gasteiger partial charge in [0.15, 0.2) is 0 Å². The van der Waals surface area contributed by atoms with Gasteiger partial charge in [-0.05, 0) is 57.1 Å². The fourth-order valence-electron chi connectivity index (χ4n) is 3.02. The number of hydrogen-bond acceptors (Lipinski definition) is 6. The van der Waals surface area contributed by atoms with E-state index in [1.54, 1.807) is 19.1 Å². The third-order valence-corrected chi connectivity index (χ3v) is 4.80. The number of carbonyl (C=O) groups is 1. The molecule has 8 nitrogen and oxygen atoms in total. The van der Waals surface area contributed by atoms with Gasteiger partial charge < -0.3 is 24.4 Å². The van der Waals surface area contributed by atoms with Gasteiger partial charge in [0.05, 0.1) is 7.11 Å².